The number of imide groups is 1. The van der Waals surface area contributed by atoms with E-state index in [0.29, 0.717) is 19.0 Å². The second-order valence-electron chi connectivity index (χ2n) is 6.88. The molecule has 138 valence electrons. The van der Waals surface area contributed by atoms with Crippen molar-refractivity contribution in [3.63, 3.8) is 0 Å². The van der Waals surface area contributed by atoms with Gasteiger partial charge in [0.2, 0.25) is 5.91 Å². The summed E-state index contributed by atoms with van der Waals surface area (Å²) in [7, 11) is 0. The van der Waals surface area contributed by atoms with Gasteiger partial charge >= 0.3 is 6.03 Å². The van der Waals surface area contributed by atoms with Crippen molar-refractivity contribution in [3.05, 3.63) is 57.8 Å². The molecular formula is C20H25N3O2S. The number of thiophene rings is 1. The van der Waals surface area contributed by atoms with Crippen LogP contribution in [0.3, 0.4) is 0 Å². The second-order valence-corrected chi connectivity index (χ2v) is 7.86. The number of amides is 3. The first-order valence-corrected chi connectivity index (χ1v) is 9.84. The van der Waals surface area contributed by atoms with Gasteiger partial charge in [0.25, 0.3) is 0 Å². The van der Waals surface area contributed by atoms with Gasteiger partial charge < -0.3 is 5.32 Å². The van der Waals surface area contributed by atoms with Crippen molar-refractivity contribution in [2.24, 2.45) is 0 Å². The maximum absolute atomic E-state index is 12.6. The monoisotopic (exact) mass is 371 g/mol. The van der Waals surface area contributed by atoms with Crippen LogP contribution in [0.15, 0.2) is 41.8 Å². The first-order chi connectivity index (χ1) is 12.5. The molecule has 2 N–H and O–H groups in total. The fourth-order valence-corrected chi connectivity index (χ4v) is 3.92. The Balaban J connectivity index is 1.80. The van der Waals surface area contributed by atoms with Crippen LogP contribution in [0.25, 0.3) is 0 Å². The van der Waals surface area contributed by atoms with E-state index in [1.807, 2.05) is 18.4 Å². The van der Waals surface area contributed by atoms with E-state index in [1.165, 1.54) is 10.5 Å². The molecule has 1 aliphatic heterocycles. The van der Waals surface area contributed by atoms with E-state index in [4.69, 9.17) is 0 Å². The molecule has 0 unspecified atom stereocenters. The van der Waals surface area contributed by atoms with Crippen LogP contribution >= 0.6 is 11.3 Å². The van der Waals surface area contributed by atoms with Gasteiger partial charge in [-0.2, -0.15) is 0 Å². The standard InChI is InChI=1S/C20H25N3O2S/c1-13(2)15-6-8-16(9-7-15)18(17-5-4-12-26-17)22-14(3)19(24)23-11-10-21-20(23)25/h4-9,12-14,18,22H,10-11H2,1-3H3,(H,21,25)/t14-,18-/m0/s1. The molecule has 0 radical (unpaired) electrons. The smallest absolute Gasteiger partial charge is 0.324 e. The summed E-state index contributed by atoms with van der Waals surface area (Å²) >= 11 is 1.66. The van der Waals surface area contributed by atoms with E-state index in [2.05, 4.69) is 54.8 Å². The number of hydrogen-bond donors (Lipinski definition) is 2. The van der Waals surface area contributed by atoms with Gasteiger partial charge in [-0.1, -0.05) is 44.2 Å². The quantitative estimate of drug-likeness (QED) is 0.817. The molecule has 1 fully saturated rings. The molecule has 3 amide bonds. The molecule has 0 aliphatic carbocycles. The van der Waals surface area contributed by atoms with Gasteiger partial charge in [-0.15, -0.1) is 11.3 Å². The number of benzene rings is 1. The molecule has 1 aliphatic rings. The highest BCUT2D eigenvalue weighted by molar-refractivity contribution is 7.10. The van der Waals surface area contributed by atoms with E-state index < -0.39 is 6.04 Å². The van der Waals surface area contributed by atoms with Crippen molar-refractivity contribution in [1.82, 2.24) is 15.5 Å². The van der Waals surface area contributed by atoms with Crippen LogP contribution in [0.2, 0.25) is 0 Å². The molecule has 6 heteroatoms. The lowest BCUT2D eigenvalue weighted by atomic mass is 9.98. The number of carbonyl (C=O) groups excluding carboxylic acids is 2. The predicted octanol–water partition coefficient (Wildman–Crippen LogP) is 3.49. The van der Waals surface area contributed by atoms with Crippen molar-refractivity contribution in [1.29, 1.82) is 0 Å². The number of urea groups is 1. The Kier molecular flexibility index (Phi) is 5.74. The summed E-state index contributed by atoms with van der Waals surface area (Å²) in [5, 5.41) is 8.13. The number of rotatable bonds is 6. The Bertz CT molecular complexity index is 756. The van der Waals surface area contributed by atoms with Crippen LogP contribution in [-0.2, 0) is 4.79 Å². The predicted molar refractivity (Wildman–Crippen MR) is 104 cm³/mol. The largest absolute Gasteiger partial charge is 0.336 e. The Morgan fingerprint density at radius 2 is 1.85 bits per heavy atom. The van der Waals surface area contributed by atoms with Crippen molar-refractivity contribution in [3.8, 4) is 0 Å². The molecular weight excluding hydrogens is 346 g/mol. The zero-order chi connectivity index (χ0) is 18.7. The van der Waals surface area contributed by atoms with Crippen LogP contribution in [-0.4, -0.2) is 36.0 Å². The molecule has 3 rings (SSSR count). The molecule has 2 aromatic rings. The van der Waals surface area contributed by atoms with Gasteiger partial charge in [0.15, 0.2) is 0 Å². The zero-order valence-corrected chi connectivity index (χ0v) is 16.2. The highest BCUT2D eigenvalue weighted by atomic mass is 32.1. The molecule has 0 bridgehead atoms. The van der Waals surface area contributed by atoms with Gasteiger partial charge in [-0.05, 0) is 35.4 Å². The average molecular weight is 372 g/mol. The summed E-state index contributed by atoms with van der Waals surface area (Å²) in [5.41, 5.74) is 2.40. The molecule has 0 spiro atoms. The zero-order valence-electron chi connectivity index (χ0n) is 15.4. The Morgan fingerprint density at radius 1 is 1.15 bits per heavy atom. The second kappa shape index (κ2) is 8.01. The Labute approximate surface area is 158 Å². The molecule has 2 atom stereocenters. The maximum atomic E-state index is 12.6. The first kappa shape index (κ1) is 18.6. The van der Waals surface area contributed by atoms with Crippen LogP contribution < -0.4 is 10.6 Å². The van der Waals surface area contributed by atoms with Gasteiger partial charge in [-0.3, -0.25) is 15.0 Å². The van der Waals surface area contributed by atoms with Crippen molar-refractivity contribution in [2.75, 3.05) is 13.1 Å². The molecule has 26 heavy (non-hydrogen) atoms. The third-order valence-corrected chi connectivity index (χ3v) is 5.61. The highest BCUT2D eigenvalue weighted by Gasteiger charge is 2.31. The van der Waals surface area contributed by atoms with Crippen LogP contribution in [0.4, 0.5) is 4.79 Å². The Morgan fingerprint density at radius 3 is 2.38 bits per heavy atom. The molecule has 1 aromatic heterocycles. The van der Waals surface area contributed by atoms with E-state index in [1.54, 1.807) is 11.3 Å². The number of nitrogens with zero attached hydrogens (tertiary/aromatic N) is 1. The highest BCUT2D eigenvalue weighted by Crippen LogP contribution is 2.28. The van der Waals surface area contributed by atoms with Crippen molar-refractivity contribution in [2.45, 2.75) is 38.8 Å². The van der Waals surface area contributed by atoms with Gasteiger partial charge in [0.05, 0.1) is 12.1 Å². The van der Waals surface area contributed by atoms with Crippen LogP contribution in [0.1, 0.15) is 48.7 Å². The van der Waals surface area contributed by atoms with Gasteiger partial charge in [0.1, 0.15) is 0 Å². The SMILES string of the molecule is CC(C)c1ccc([C@H](N[C@@H](C)C(=O)N2CCNC2=O)c2cccs2)cc1. The molecule has 2 heterocycles. The minimum atomic E-state index is -0.462. The lowest BCUT2D eigenvalue weighted by molar-refractivity contribution is -0.129. The fraction of sp³-hybridized carbons (Fsp3) is 0.400. The summed E-state index contributed by atoms with van der Waals surface area (Å²) < 4.78 is 0. The van der Waals surface area contributed by atoms with E-state index >= 15 is 0 Å². The topological polar surface area (TPSA) is 61.4 Å². The third kappa shape index (κ3) is 3.97. The van der Waals surface area contributed by atoms with Crippen molar-refractivity contribution < 1.29 is 9.59 Å². The lowest BCUT2D eigenvalue weighted by Gasteiger charge is -2.25. The Hall–Kier alpha value is -2.18. The summed E-state index contributed by atoms with van der Waals surface area (Å²) in [6, 6.07) is 11.7. The summed E-state index contributed by atoms with van der Waals surface area (Å²) in [6.07, 6.45) is 0. The van der Waals surface area contributed by atoms with Crippen molar-refractivity contribution >= 4 is 23.3 Å². The number of nitrogens with one attached hydrogen (secondary N) is 2. The normalized spacial score (nSPS) is 16.6. The molecule has 5 nitrogen and oxygen atoms in total. The summed E-state index contributed by atoms with van der Waals surface area (Å²) in [6.45, 7) is 7.10. The first-order valence-electron chi connectivity index (χ1n) is 8.96. The van der Waals surface area contributed by atoms with Gasteiger partial charge in [-0.25, -0.2) is 4.79 Å². The van der Waals surface area contributed by atoms with E-state index in [0.717, 1.165) is 10.4 Å². The number of hydrogen-bond acceptors (Lipinski definition) is 4. The molecule has 1 saturated heterocycles. The molecule has 1 aromatic carbocycles. The lowest BCUT2D eigenvalue weighted by Crippen LogP contribution is -2.47. The van der Waals surface area contributed by atoms with Crippen LogP contribution in [0.5, 0.6) is 0 Å². The number of carbonyl (C=O) groups is 2. The van der Waals surface area contributed by atoms with Gasteiger partial charge in [0, 0.05) is 18.0 Å². The average Bonchev–Trinajstić information content (AvgIpc) is 3.30. The maximum Gasteiger partial charge on any atom is 0.324 e. The van der Waals surface area contributed by atoms with E-state index in [9.17, 15) is 9.59 Å². The summed E-state index contributed by atoms with van der Waals surface area (Å²) in [4.78, 5) is 26.8. The minimum Gasteiger partial charge on any atom is -0.336 e. The molecule has 0 saturated carbocycles. The van der Waals surface area contributed by atoms with Crippen LogP contribution in [0, 0.1) is 0 Å². The van der Waals surface area contributed by atoms with E-state index in [-0.39, 0.29) is 18.0 Å². The fourth-order valence-electron chi connectivity index (χ4n) is 3.11. The minimum absolute atomic E-state index is 0.0826. The summed E-state index contributed by atoms with van der Waals surface area (Å²) in [5.74, 6) is 0.284. The third-order valence-electron chi connectivity index (χ3n) is 4.67.